The van der Waals surface area contributed by atoms with Crippen LogP contribution in [0.5, 0.6) is 0 Å². The second-order valence-electron chi connectivity index (χ2n) is 11.6. The van der Waals surface area contributed by atoms with Gasteiger partial charge < -0.3 is 4.42 Å². The number of hydrogen-bond acceptors (Lipinski definition) is 4. The van der Waals surface area contributed by atoms with Gasteiger partial charge in [0.1, 0.15) is 11.2 Å². The van der Waals surface area contributed by atoms with Crippen LogP contribution in [0.1, 0.15) is 0 Å². The van der Waals surface area contributed by atoms with Gasteiger partial charge in [0.25, 0.3) is 0 Å². The molecule has 7 aromatic carbocycles. The summed E-state index contributed by atoms with van der Waals surface area (Å²) in [6.07, 6.45) is 0. The quantitative estimate of drug-likeness (QED) is 0.197. The van der Waals surface area contributed by atoms with Gasteiger partial charge in [0, 0.05) is 33.0 Å². The van der Waals surface area contributed by atoms with E-state index in [0.29, 0.717) is 17.5 Å². The minimum absolute atomic E-state index is 0.635. The molecule has 0 aliphatic carbocycles. The normalized spacial score (nSPS) is 11.4. The lowest BCUT2D eigenvalue weighted by Crippen LogP contribution is -2.01. The van der Waals surface area contributed by atoms with Crippen molar-refractivity contribution in [3.8, 4) is 56.4 Å². The Bertz CT molecular complexity index is 2500. The maximum absolute atomic E-state index is 6.51. The summed E-state index contributed by atoms with van der Waals surface area (Å²) in [6.45, 7) is 0. The standard InChI is InChI=1S/C43H27N3O/c1-3-13-30(14-4-1)41-44-42(31-15-5-2-6-16-31)46-43(45-41)36-21-10-9-18-33(36)28-23-25-29(26-24-28)39-34-19-8-7-17-32(34)27-37-35-20-11-12-22-38(35)47-40(37)39/h1-27H. The fraction of sp³-hybridized carbons (Fsp3) is 0. The van der Waals surface area contributed by atoms with Crippen molar-refractivity contribution in [2.45, 2.75) is 0 Å². The van der Waals surface area contributed by atoms with Crippen molar-refractivity contribution in [2.24, 2.45) is 0 Å². The van der Waals surface area contributed by atoms with Crippen LogP contribution in [0.2, 0.25) is 0 Å². The van der Waals surface area contributed by atoms with Gasteiger partial charge in [-0.25, -0.2) is 15.0 Å². The topological polar surface area (TPSA) is 51.8 Å². The zero-order chi connectivity index (χ0) is 31.2. The second kappa shape index (κ2) is 11.2. The van der Waals surface area contributed by atoms with Gasteiger partial charge in [-0.3, -0.25) is 0 Å². The van der Waals surface area contributed by atoms with Gasteiger partial charge in [-0.05, 0) is 39.6 Å². The molecule has 0 fully saturated rings. The van der Waals surface area contributed by atoms with Crippen LogP contribution in [0.25, 0.3) is 89.1 Å². The molecule has 0 aliphatic rings. The van der Waals surface area contributed by atoms with Crippen molar-refractivity contribution in [3.05, 3.63) is 164 Å². The van der Waals surface area contributed by atoms with Crippen LogP contribution >= 0.6 is 0 Å². The average Bonchev–Trinajstić information content (AvgIpc) is 3.52. The summed E-state index contributed by atoms with van der Waals surface area (Å²) in [7, 11) is 0. The Morgan fingerprint density at radius 3 is 1.60 bits per heavy atom. The summed E-state index contributed by atoms with van der Waals surface area (Å²) in [5, 5.41) is 4.61. The van der Waals surface area contributed by atoms with Crippen molar-refractivity contribution in [1.29, 1.82) is 0 Å². The number of benzene rings is 7. The maximum Gasteiger partial charge on any atom is 0.164 e. The molecule has 0 radical (unpaired) electrons. The highest BCUT2D eigenvalue weighted by molar-refractivity contribution is 6.18. The number of furan rings is 1. The highest BCUT2D eigenvalue weighted by Gasteiger charge is 2.18. The van der Waals surface area contributed by atoms with Crippen molar-refractivity contribution < 1.29 is 4.42 Å². The minimum atomic E-state index is 0.635. The molecule has 0 spiro atoms. The van der Waals surface area contributed by atoms with E-state index in [0.717, 1.165) is 60.9 Å². The largest absolute Gasteiger partial charge is 0.455 e. The molecule has 9 aromatic rings. The van der Waals surface area contributed by atoms with Crippen LogP contribution in [0.3, 0.4) is 0 Å². The van der Waals surface area contributed by atoms with Crippen LogP contribution in [0.15, 0.2) is 168 Å². The number of aromatic nitrogens is 3. The second-order valence-corrected chi connectivity index (χ2v) is 11.6. The Balaban J connectivity index is 1.19. The Morgan fingerprint density at radius 2 is 0.894 bits per heavy atom. The lowest BCUT2D eigenvalue weighted by molar-refractivity contribution is 0.670. The average molecular weight is 602 g/mol. The first-order valence-electron chi connectivity index (χ1n) is 15.7. The molecular formula is C43H27N3O. The molecular weight excluding hydrogens is 574 g/mol. The summed E-state index contributed by atoms with van der Waals surface area (Å²) in [6, 6.07) is 56.3. The monoisotopic (exact) mass is 601 g/mol. The molecule has 0 aliphatic heterocycles. The molecule has 47 heavy (non-hydrogen) atoms. The fourth-order valence-electron chi connectivity index (χ4n) is 6.48. The number of rotatable bonds is 5. The highest BCUT2D eigenvalue weighted by Crippen LogP contribution is 2.42. The first kappa shape index (κ1) is 27.0. The van der Waals surface area contributed by atoms with E-state index in [9.17, 15) is 0 Å². The van der Waals surface area contributed by atoms with Crippen LogP contribution in [-0.2, 0) is 0 Å². The molecule has 0 amide bonds. The number of fused-ring (bicyclic) bond motifs is 4. The third-order valence-electron chi connectivity index (χ3n) is 8.74. The summed E-state index contributed by atoms with van der Waals surface area (Å²) >= 11 is 0. The molecule has 0 saturated carbocycles. The Labute approximate surface area is 271 Å². The Morgan fingerprint density at radius 1 is 0.362 bits per heavy atom. The van der Waals surface area contributed by atoms with Gasteiger partial charge in [-0.15, -0.1) is 0 Å². The maximum atomic E-state index is 6.51. The molecule has 0 bridgehead atoms. The SMILES string of the molecule is c1ccc(-c2nc(-c3ccccc3)nc(-c3ccccc3-c3ccc(-c4c5ccccc5cc5c4oc4ccccc45)cc3)n2)cc1. The molecule has 0 saturated heterocycles. The lowest BCUT2D eigenvalue weighted by Gasteiger charge is -2.13. The van der Waals surface area contributed by atoms with Gasteiger partial charge in [-0.2, -0.15) is 0 Å². The first-order valence-corrected chi connectivity index (χ1v) is 15.7. The molecule has 9 rings (SSSR count). The molecule has 0 atom stereocenters. The number of hydrogen-bond donors (Lipinski definition) is 0. The van der Waals surface area contributed by atoms with Crippen LogP contribution in [0, 0.1) is 0 Å². The zero-order valence-electron chi connectivity index (χ0n) is 25.3. The fourth-order valence-corrected chi connectivity index (χ4v) is 6.48. The smallest absolute Gasteiger partial charge is 0.164 e. The van der Waals surface area contributed by atoms with Gasteiger partial charge in [-0.1, -0.05) is 152 Å². The molecule has 220 valence electrons. The molecule has 2 heterocycles. The zero-order valence-corrected chi connectivity index (χ0v) is 25.3. The van der Waals surface area contributed by atoms with E-state index in [1.165, 1.54) is 10.8 Å². The number of nitrogens with zero attached hydrogens (tertiary/aromatic N) is 3. The number of para-hydroxylation sites is 1. The predicted molar refractivity (Wildman–Crippen MR) is 192 cm³/mol. The molecule has 4 nitrogen and oxygen atoms in total. The molecule has 0 unspecified atom stereocenters. The van der Waals surface area contributed by atoms with E-state index in [1.807, 2.05) is 78.9 Å². The summed E-state index contributed by atoms with van der Waals surface area (Å²) < 4.78 is 6.51. The summed E-state index contributed by atoms with van der Waals surface area (Å²) in [5.41, 5.74) is 8.98. The van der Waals surface area contributed by atoms with Gasteiger partial charge in [0.2, 0.25) is 0 Å². The van der Waals surface area contributed by atoms with E-state index in [2.05, 4.69) is 84.9 Å². The van der Waals surface area contributed by atoms with Gasteiger partial charge >= 0.3 is 0 Å². The third kappa shape index (κ3) is 4.75. The summed E-state index contributed by atoms with van der Waals surface area (Å²) in [4.78, 5) is 14.9. The van der Waals surface area contributed by atoms with Crippen LogP contribution in [-0.4, -0.2) is 15.0 Å². The van der Waals surface area contributed by atoms with Gasteiger partial charge in [0.15, 0.2) is 17.5 Å². The highest BCUT2D eigenvalue weighted by atomic mass is 16.3. The van der Waals surface area contributed by atoms with E-state index < -0.39 is 0 Å². The molecule has 2 aromatic heterocycles. The summed E-state index contributed by atoms with van der Waals surface area (Å²) in [5.74, 6) is 1.92. The minimum Gasteiger partial charge on any atom is -0.455 e. The van der Waals surface area contributed by atoms with E-state index in [4.69, 9.17) is 19.4 Å². The van der Waals surface area contributed by atoms with Crippen LogP contribution in [0.4, 0.5) is 0 Å². The Hall–Kier alpha value is -6.39. The van der Waals surface area contributed by atoms with E-state index in [-0.39, 0.29) is 0 Å². The molecule has 4 heteroatoms. The van der Waals surface area contributed by atoms with Crippen molar-refractivity contribution >= 4 is 32.7 Å². The Kier molecular flexibility index (Phi) is 6.43. The van der Waals surface area contributed by atoms with E-state index >= 15 is 0 Å². The van der Waals surface area contributed by atoms with Gasteiger partial charge in [0.05, 0.1) is 0 Å². The van der Waals surface area contributed by atoms with E-state index in [1.54, 1.807) is 0 Å². The first-order chi connectivity index (χ1) is 23.3. The van der Waals surface area contributed by atoms with Crippen molar-refractivity contribution in [3.63, 3.8) is 0 Å². The van der Waals surface area contributed by atoms with Crippen molar-refractivity contribution in [1.82, 2.24) is 15.0 Å². The molecule has 0 N–H and O–H groups in total. The van der Waals surface area contributed by atoms with Crippen LogP contribution < -0.4 is 0 Å². The third-order valence-corrected chi connectivity index (χ3v) is 8.74. The van der Waals surface area contributed by atoms with Crippen molar-refractivity contribution in [2.75, 3.05) is 0 Å². The lowest BCUT2D eigenvalue weighted by atomic mass is 9.93. The predicted octanol–water partition coefficient (Wildman–Crippen LogP) is 11.3.